The summed E-state index contributed by atoms with van der Waals surface area (Å²) in [6.45, 7) is 4.93. The highest BCUT2D eigenvalue weighted by Crippen LogP contribution is 2.07. The maximum absolute atomic E-state index is 4.39. The van der Waals surface area contributed by atoms with Crippen LogP contribution < -0.4 is 5.32 Å². The topological polar surface area (TPSA) is 42.2 Å². The summed E-state index contributed by atoms with van der Waals surface area (Å²) in [5, 5.41) is 7.52. The Kier molecular flexibility index (Phi) is 3.19. The van der Waals surface area contributed by atoms with Gasteiger partial charge in [-0.05, 0) is 38.0 Å². The largest absolute Gasteiger partial charge is 0.353 e. The highest BCUT2D eigenvalue weighted by molar-refractivity contribution is 5.45. The first kappa shape index (κ1) is 10.7. The van der Waals surface area contributed by atoms with E-state index >= 15 is 0 Å². The van der Waals surface area contributed by atoms with E-state index in [0.29, 0.717) is 5.95 Å². The van der Waals surface area contributed by atoms with Crippen molar-refractivity contribution >= 4 is 11.6 Å². The number of fused-ring (bicyclic) bond motifs is 1. The molecule has 0 radical (unpaired) electrons. The predicted molar refractivity (Wildman–Crippen MR) is 65.6 cm³/mol. The lowest BCUT2D eigenvalue weighted by molar-refractivity contribution is 0.942. The molecule has 0 saturated heterocycles. The molecule has 0 amide bonds. The molecule has 0 spiro atoms. The molecule has 16 heavy (non-hydrogen) atoms. The minimum Gasteiger partial charge on any atom is -0.353 e. The number of aromatic nitrogens is 3. The second kappa shape index (κ2) is 4.79. The van der Waals surface area contributed by atoms with Crippen LogP contribution in [0.25, 0.3) is 5.65 Å². The fraction of sp³-hybridized carbons (Fsp3) is 0.333. The van der Waals surface area contributed by atoms with Gasteiger partial charge >= 0.3 is 0 Å². The monoisotopic (exact) mass is 216 g/mol. The molecule has 2 aromatic heterocycles. The second-order valence-electron chi connectivity index (χ2n) is 3.73. The average molecular weight is 216 g/mol. The van der Waals surface area contributed by atoms with Crippen molar-refractivity contribution in [1.29, 1.82) is 0 Å². The van der Waals surface area contributed by atoms with Crippen molar-refractivity contribution in [2.75, 3.05) is 11.9 Å². The molecule has 1 N–H and O–H groups in total. The maximum atomic E-state index is 4.39. The van der Waals surface area contributed by atoms with Crippen LogP contribution >= 0.6 is 0 Å². The van der Waals surface area contributed by atoms with E-state index in [1.54, 1.807) is 4.52 Å². The molecule has 0 aliphatic heterocycles. The van der Waals surface area contributed by atoms with Crippen LogP contribution in [0.15, 0.2) is 30.5 Å². The number of rotatable bonds is 4. The molecule has 0 aromatic carbocycles. The van der Waals surface area contributed by atoms with E-state index in [0.717, 1.165) is 18.6 Å². The van der Waals surface area contributed by atoms with Gasteiger partial charge in [0.15, 0.2) is 5.65 Å². The molecule has 0 fully saturated rings. The van der Waals surface area contributed by atoms with Gasteiger partial charge in [0.2, 0.25) is 5.95 Å². The minimum absolute atomic E-state index is 0.690. The molecule has 2 aromatic rings. The molecule has 4 heteroatoms. The maximum Gasteiger partial charge on any atom is 0.243 e. The first-order valence-corrected chi connectivity index (χ1v) is 5.47. The Hall–Kier alpha value is -1.84. The Morgan fingerprint density at radius 2 is 2.38 bits per heavy atom. The van der Waals surface area contributed by atoms with Gasteiger partial charge in [-0.1, -0.05) is 12.2 Å². The molecule has 0 aliphatic rings. The van der Waals surface area contributed by atoms with Gasteiger partial charge in [0.05, 0.1) is 0 Å². The molecule has 4 nitrogen and oxygen atoms in total. The van der Waals surface area contributed by atoms with Gasteiger partial charge in [0.25, 0.3) is 0 Å². The van der Waals surface area contributed by atoms with Gasteiger partial charge in [-0.15, -0.1) is 5.10 Å². The Labute approximate surface area is 95.0 Å². The molecule has 0 aliphatic carbocycles. The number of aryl methyl sites for hydroxylation is 1. The summed E-state index contributed by atoms with van der Waals surface area (Å²) < 4.78 is 1.78. The summed E-state index contributed by atoms with van der Waals surface area (Å²) in [4.78, 5) is 4.39. The van der Waals surface area contributed by atoms with Crippen LogP contribution in [-0.2, 0) is 0 Å². The van der Waals surface area contributed by atoms with Crippen LogP contribution in [0.1, 0.15) is 18.9 Å². The summed E-state index contributed by atoms with van der Waals surface area (Å²) in [5.74, 6) is 0.690. The van der Waals surface area contributed by atoms with Crippen LogP contribution in [0.4, 0.5) is 5.95 Å². The third kappa shape index (κ3) is 2.39. The number of anilines is 1. The third-order valence-electron chi connectivity index (χ3n) is 2.32. The normalized spacial score (nSPS) is 11.4. The van der Waals surface area contributed by atoms with Gasteiger partial charge < -0.3 is 5.32 Å². The Balaban J connectivity index is 2.08. The van der Waals surface area contributed by atoms with Gasteiger partial charge in [-0.3, -0.25) is 0 Å². The zero-order chi connectivity index (χ0) is 11.4. The van der Waals surface area contributed by atoms with Crippen molar-refractivity contribution in [3.8, 4) is 0 Å². The van der Waals surface area contributed by atoms with Crippen LogP contribution in [0.2, 0.25) is 0 Å². The average Bonchev–Trinajstić information content (AvgIpc) is 2.66. The van der Waals surface area contributed by atoms with E-state index in [1.807, 2.05) is 38.3 Å². The molecule has 0 unspecified atom stereocenters. The molecule has 2 heterocycles. The highest BCUT2D eigenvalue weighted by atomic mass is 15.3. The number of hydrogen-bond donors (Lipinski definition) is 1. The predicted octanol–water partition coefficient (Wildman–Crippen LogP) is 2.42. The smallest absolute Gasteiger partial charge is 0.243 e. The van der Waals surface area contributed by atoms with Gasteiger partial charge in [0, 0.05) is 12.7 Å². The molecule has 84 valence electrons. The van der Waals surface area contributed by atoms with Crippen molar-refractivity contribution < 1.29 is 0 Å². The number of nitrogens with zero attached hydrogens (tertiary/aromatic N) is 3. The third-order valence-corrected chi connectivity index (χ3v) is 2.32. The lowest BCUT2D eigenvalue weighted by Gasteiger charge is -1.96. The van der Waals surface area contributed by atoms with E-state index in [2.05, 4.69) is 21.5 Å². The Morgan fingerprint density at radius 1 is 1.50 bits per heavy atom. The second-order valence-corrected chi connectivity index (χ2v) is 3.73. The zero-order valence-electron chi connectivity index (χ0n) is 9.64. The molecule has 0 bridgehead atoms. The minimum atomic E-state index is 0.690. The van der Waals surface area contributed by atoms with E-state index in [-0.39, 0.29) is 0 Å². The first-order chi connectivity index (χ1) is 7.79. The summed E-state index contributed by atoms with van der Waals surface area (Å²) in [5.41, 5.74) is 2.08. The molecule has 0 atom stereocenters. The summed E-state index contributed by atoms with van der Waals surface area (Å²) in [6, 6.07) is 4.04. The lowest BCUT2D eigenvalue weighted by atomic mass is 10.3. The Morgan fingerprint density at radius 3 is 3.19 bits per heavy atom. The molecule has 0 saturated carbocycles. The summed E-state index contributed by atoms with van der Waals surface area (Å²) in [7, 11) is 0. The van der Waals surface area contributed by atoms with Crippen LogP contribution in [0.5, 0.6) is 0 Å². The zero-order valence-corrected chi connectivity index (χ0v) is 9.64. The first-order valence-electron chi connectivity index (χ1n) is 5.47. The van der Waals surface area contributed by atoms with E-state index in [9.17, 15) is 0 Å². The SMILES string of the molecule is C/C=C/CCNc1nc2cc(C)ccn2n1. The van der Waals surface area contributed by atoms with Crippen molar-refractivity contribution in [2.45, 2.75) is 20.3 Å². The Bertz CT molecular complexity index is 499. The van der Waals surface area contributed by atoms with E-state index < -0.39 is 0 Å². The van der Waals surface area contributed by atoms with Gasteiger partial charge in [0.1, 0.15) is 0 Å². The molecular formula is C12H16N4. The number of hydrogen-bond acceptors (Lipinski definition) is 3. The highest BCUT2D eigenvalue weighted by Gasteiger charge is 2.01. The van der Waals surface area contributed by atoms with Crippen LogP contribution in [-0.4, -0.2) is 21.1 Å². The van der Waals surface area contributed by atoms with Gasteiger partial charge in [-0.2, -0.15) is 4.98 Å². The fourth-order valence-corrected chi connectivity index (χ4v) is 1.49. The van der Waals surface area contributed by atoms with Crippen molar-refractivity contribution in [2.24, 2.45) is 0 Å². The summed E-state index contributed by atoms with van der Waals surface area (Å²) >= 11 is 0. The van der Waals surface area contributed by atoms with E-state index in [1.165, 1.54) is 5.56 Å². The van der Waals surface area contributed by atoms with Crippen LogP contribution in [0, 0.1) is 6.92 Å². The number of allylic oxidation sites excluding steroid dienone is 1. The van der Waals surface area contributed by atoms with Crippen molar-refractivity contribution in [1.82, 2.24) is 14.6 Å². The lowest BCUT2D eigenvalue weighted by Crippen LogP contribution is -2.01. The van der Waals surface area contributed by atoms with Gasteiger partial charge in [-0.25, -0.2) is 4.52 Å². The van der Waals surface area contributed by atoms with Crippen LogP contribution in [0.3, 0.4) is 0 Å². The molecule has 2 rings (SSSR count). The van der Waals surface area contributed by atoms with E-state index in [4.69, 9.17) is 0 Å². The quantitative estimate of drug-likeness (QED) is 0.630. The summed E-state index contributed by atoms with van der Waals surface area (Å²) in [6.07, 6.45) is 7.08. The standard InChI is InChI=1S/C12H16N4/c1-3-4-5-7-13-12-14-11-9-10(2)6-8-16(11)15-12/h3-4,6,8-9H,5,7H2,1-2H3,(H,13,15)/b4-3+. The number of pyridine rings is 1. The van der Waals surface area contributed by atoms with Crippen molar-refractivity contribution in [3.05, 3.63) is 36.0 Å². The fourth-order valence-electron chi connectivity index (χ4n) is 1.49. The number of nitrogens with one attached hydrogen (secondary N) is 1. The molecular weight excluding hydrogens is 200 g/mol. The van der Waals surface area contributed by atoms with Crippen molar-refractivity contribution in [3.63, 3.8) is 0 Å².